The lowest BCUT2D eigenvalue weighted by Crippen LogP contribution is -1.63. The van der Waals surface area contributed by atoms with Gasteiger partial charge in [-0.3, -0.25) is 0 Å². The predicted molar refractivity (Wildman–Crippen MR) is 24.5 cm³/mol. The quantitative estimate of drug-likeness (QED) is 0.279. The van der Waals surface area contributed by atoms with E-state index in [1.807, 2.05) is 0 Å². The fourth-order valence-electron chi connectivity index (χ4n) is 0.102. The third-order valence-corrected chi connectivity index (χ3v) is 0.408. The van der Waals surface area contributed by atoms with E-state index >= 15 is 0 Å². The molecular weight excluding hydrogens is 80.1 g/mol. The molecule has 0 aliphatic carbocycles. The Morgan fingerprint density at radius 1 is 1.80 bits per heavy atom. The van der Waals surface area contributed by atoms with E-state index in [2.05, 4.69) is 16.5 Å². The molecule has 0 radical (unpaired) electrons. The summed E-state index contributed by atoms with van der Waals surface area (Å²) in [4.78, 5) is 0. The minimum absolute atomic E-state index is 0.725. The smallest absolute Gasteiger partial charge is 0.219 e. The van der Waals surface area contributed by atoms with Crippen molar-refractivity contribution < 1.29 is 4.43 Å². The first kappa shape index (κ1) is 4.58. The highest BCUT2D eigenvalue weighted by Gasteiger charge is 1.43. The van der Waals surface area contributed by atoms with Gasteiger partial charge in [0, 0.05) is 6.92 Å². The second-order valence-corrected chi connectivity index (χ2v) is 0.964. The highest BCUT2D eigenvalue weighted by atomic mass is 28.2. The normalized spacial score (nSPS) is 5.00. The molecule has 0 rings (SSSR count). The van der Waals surface area contributed by atoms with E-state index in [1.165, 1.54) is 0 Å². The summed E-state index contributed by atoms with van der Waals surface area (Å²) >= 11 is 0. The Morgan fingerprint density at radius 2 is 2.40 bits per heavy atom. The van der Waals surface area contributed by atoms with Gasteiger partial charge in [0.25, 0.3) is 0 Å². The van der Waals surface area contributed by atoms with E-state index in [4.69, 9.17) is 0 Å². The molecule has 0 aromatic carbocycles. The van der Waals surface area contributed by atoms with Gasteiger partial charge >= 0.3 is 0 Å². The molecule has 5 heavy (non-hydrogen) atoms. The topological polar surface area (TPSA) is 9.23 Å². The lowest BCUT2D eigenvalue weighted by atomic mass is 10.8. The van der Waals surface area contributed by atoms with Gasteiger partial charge in [0.05, 0.1) is 6.11 Å². The maximum Gasteiger partial charge on any atom is 0.219 e. The molecule has 0 aromatic rings. The van der Waals surface area contributed by atoms with Crippen LogP contribution in [-0.4, -0.2) is 10.5 Å². The van der Waals surface area contributed by atoms with E-state index < -0.39 is 0 Å². The molecular formula is C3H6OSi. The Labute approximate surface area is 34.9 Å². The molecule has 0 aliphatic heterocycles. The van der Waals surface area contributed by atoms with E-state index in [1.54, 1.807) is 6.92 Å². The monoisotopic (exact) mass is 86.0 g/mol. The van der Waals surface area contributed by atoms with Gasteiger partial charge in [0.1, 0.15) is 0 Å². The van der Waals surface area contributed by atoms with Gasteiger partial charge in [-0.15, -0.1) is 0 Å². The van der Waals surface area contributed by atoms with Gasteiger partial charge in [-0.25, -0.2) is 0 Å². The Morgan fingerprint density at radius 3 is 2.40 bits per heavy atom. The van der Waals surface area contributed by atoms with Crippen molar-refractivity contribution in [2.45, 2.75) is 6.92 Å². The van der Waals surface area contributed by atoms with Gasteiger partial charge in [0.15, 0.2) is 0 Å². The molecule has 0 amide bonds. The van der Waals surface area contributed by atoms with Crippen LogP contribution in [0.1, 0.15) is 6.92 Å². The summed E-state index contributed by atoms with van der Waals surface area (Å²) < 4.78 is 4.47. The van der Waals surface area contributed by atoms with Crippen LogP contribution in [0.3, 0.4) is 0 Å². The van der Waals surface area contributed by atoms with Crippen molar-refractivity contribution in [3.05, 3.63) is 0 Å². The summed E-state index contributed by atoms with van der Waals surface area (Å²) in [6.45, 7) is 1.75. The highest BCUT2D eigenvalue weighted by molar-refractivity contribution is 5.98. The largest absolute Gasteiger partial charge is 0.512 e. The molecule has 0 saturated carbocycles. The summed E-state index contributed by atoms with van der Waals surface area (Å²) in [6, 6.07) is 0. The van der Waals surface area contributed by atoms with Crippen molar-refractivity contribution in [3.63, 3.8) is 0 Å². The second kappa shape index (κ2) is 3.58. The van der Waals surface area contributed by atoms with Crippen LogP contribution >= 0.6 is 0 Å². The molecule has 0 spiro atoms. The predicted octanol–water partition coefficient (Wildman–Crippen LogP) is -0.736. The molecule has 1 nitrogen and oxygen atoms in total. The average molecular weight is 86.2 g/mol. The van der Waals surface area contributed by atoms with Crippen LogP contribution in [0.25, 0.3) is 0 Å². The molecule has 2 heteroatoms. The molecule has 0 bridgehead atoms. The first-order chi connectivity index (χ1) is 2.41. The first-order valence-corrected chi connectivity index (χ1v) is 2.18. The molecule has 0 aromatic heterocycles. The average Bonchev–Trinajstić information content (AvgIpc) is 1.41. The maximum absolute atomic E-state index is 4.47. The Hall–Kier alpha value is -0.423. The van der Waals surface area contributed by atoms with Crippen molar-refractivity contribution in [1.82, 2.24) is 0 Å². The maximum atomic E-state index is 4.47. The zero-order chi connectivity index (χ0) is 4.12. The molecule has 28 valence electrons. The Kier molecular flexibility index (Phi) is 3.27. The van der Waals surface area contributed by atoms with Crippen LogP contribution in [0, 0.1) is 12.0 Å². The van der Waals surface area contributed by atoms with E-state index in [-0.39, 0.29) is 0 Å². The van der Waals surface area contributed by atoms with Crippen LogP contribution in [0.15, 0.2) is 0 Å². The molecule has 0 N–H and O–H groups in total. The zero-order valence-electron chi connectivity index (χ0n) is 3.41. The van der Waals surface area contributed by atoms with Crippen LogP contribution in [0.4, 0.5) is 0 Å². The van der Waals surface area contributed by atoms with Crippen molar-refractivity contribution in [2.24, 2.45) is 0 Å². The molecule has 0 atom stereocenters. The van der Waals surface area contributed by atoms with Crippen molar-refractivity contribution in [2.75, 3.05) is 0 Å². The molecule has 0 aliphatic rings. The molecule has 0 heterocycles. The Bertz CT molecular complexity index is 59.0. The lowest BCUT2D eigenvalue weighted by Gasteiger charge is -1.71. The van der Waals surface area contributed by atoms with Gasteiger partial charge in [-0.1, -0.05) is 5.92 Å². The number of hydrogen-bond acceptors (Lipinski definition) is 1. The summed E-state index contributed by atoms with van der Waals surface area (Å²) in [6.07, 6.45) is 2.42. The van der Waals surface area contributed by atoms with Gasteiger partial charge < -0.3 is 4.43 Å². The summed E-state index contributed by atoms with van der Waals surface area (Å²) in [7, 11) is 0.725. The zero-order valence-corrected chi connectivity index (χ0v) is 5.41. The third kappa shape index (κ3) is 3.58. The summed E-state index contributed by atoms with van der Waals surface area (Å²) in [5.74, 6) is 2.58. The van der Waals surface area contributed by atoms with Crippen molar-refractivity contribution in [1.29, 1.82) is 0 Å². The highest BCUT2D eigenvalue weighted by Crippen LogP contribution is 1.47. The lowest BCUT2D eigenvalue weighted by molar-refractivity contribution is 0.578. The fraction of sp³-hybridized carbons (Fsp3) is 0.333. The van der Waals surface area contributed by atoms with Gasteiger partial charge in [0.2, 0.25) is 10.5 Å². The number of hydrogen-bond donors (Lipinski definition) is 0. The third-order valence-electron chi connectivity index (χ3n) is 0.204. The second-order valence-electron chi connectivity index (χ2n) is 0.556. The SMILES string of the molecule is CC#CO[SiH3]. The fourth-order valence-corrected chi connectivity index (χ4v) is 0.306. The van der Waals surface area contributed by atoms with E-state index in [9.17, 15) is 0 Å². The molecule has 0 unspecified atom stereocenters. The van der Waals surface area contributed by atoms with Crippen LogP contribution < -0.4 is 0 Å². The summed E-state index contributed by atoms with van der Waals surface area (Å²) in [5.41, 5.74) is 0. The van der Waals surface area contributed by atoms with E-state index in [0.717, 1.165) is 10.5 Å². The Balaban J connectivity index is 2.81. The first-order valence-electron chi connectivity index (χ1n) is 1.36. The minimum atomic E-state index is 0.725. The van der Waals surface area contributed by atoms with Crippen molar-refractivity contribution in [3.8, 4) is 12.0 Å². The van der Waals surface area contributed by atoms with Crippen molar-refractivity contribution >= 4 is 10.5 Å². The molecule has 0 saturated heterocycles. The van der Waals surface area contributed by atoms with Crippen LogP contribution in [0.5, 0.6) is 0 Å². The van der Waals surface area contributed by atoms with Gasteiger partial charge in [-0.2, -0.15) is 0 Å². The minimum Gasteiger partial charge on any atom is -0.512 e. The van der Waals surface area contributed by atoms with Crippen LogP contribution in [0.2, 0.25) is 0 Å². The molecule has 0 fully saturated rings. The van der Waals surface area contributed by atoms with E-state index in [0.29, 0.717) is 0 Å². The van der Waals surface area contributed by atoms with Gasteiger partial charge in [-0.05, 0) is 0 Å². The number of rotatable bonds is 0. The van der Waals surface area contributed by atoms with Crippen LogP contribution in [-0.2, 0) is 4.43 Å². The summed E-state index contributed by atoms with van der Waals surface area (Å²) in [5, 5.41) is 0. The standard InChI is InChI=1S/C3H6OSi/c1-2-3-4-5/h1,5H3.